The number of benzene rings is 2. The van der Waals surface area contributed by atoms with E-state index in [1.807, 2.05) is 55.5 Å². The van der Waals surface area contributed by atoms with Crippen LogP contribution in [0.5, 0.6) is 5.75 Å². The molecule has 0 atom stereocenters. The van der Waals surface area contributed by atoms with E-state index in [0.717, 1.165) is 23.4 Å². The molecule has 0 heterocycles. The molecule has 25 heavy (non-hydrogen) atoms. The minimum atomic E-state index is -0.197. The lowest BCUT2D eigenvalue weighted by Crippen LogP contribution is -2.30. The van der Waals surface area contributed by atoms with E-state index in [2.05, 4.69) is 31.4 Å². The van der Waals surface area contributed by atoms with Crippen LogP contribution in [0.15, 0.2) is 48.5 Å². The molecule has 134 valence electrons. The van der Waals surface area contributed by atoms with E-state index in [9.17, 15) is 4.79 Å². The van der Waals surface area contributed by atoms with E-state index < -0.39 is 0 Å². The average molecular weight is 340 g/mol. The fourth-order valence-corrected chi connectivity index (χ4v) is 2.55. The minimum Gasteiger partial charge on any atom is -0.494 e. The summed E-state index contributed by atoms with van der Waals surface area (Å²) in [6, 6.07) is 15.7. The van der Waals surface area contributed by atoms with Gasteiger partial charge >= 0.3 is 6.03 Å². The Kier molecular flexibility index (Phi) is 6.45. The molecule has 2 aromatic rings. The first-order chi connectivity index (χ1) is 11.9. The summed E-state index contributed by atoms with van der Waals surface area (Å²) in [4.78, 5) is 12.0. The predicted octanol–water partition coefficient (Wildman–Crippen LogP) is 4.75. The quantitative estimate of drug-likeness (QED) is 0.797. The maximum Gasteiger partial charge on any atom is 0.319 e. The van der Waals surface area contributed by atoms with Crippen LogP contribution in [0.1, 0.15) is 38.8 Å². The number of nitrogens with one attached hydrogen (secondary N) is 2. The number of rotatable bonds is 6. The first-order valence-electron chi connectivity index (χ1n) is 8.76. The Bertz CT molecular complexity index is 688. The standard InChI is InChI=1S/C21H28N2O2/c1-5-25-19-9-7-6-8-16(19)14-15-22-20(24)23-18-12-10-17(11-13-18)21(2,3)4/h6-13H,5,14-15H2,1-4H3,(H2,22,23,24). The number of para-hydroxylation sites is 1. The third-order valence-corrected chi connectivity index (χ3v) is 3.96. The highest BCUT2D eigenvalue weighted by Crippen LogP contribution is 2.23. The number of urea groups is 1. The molecule has 0 aliphatic carbocycles. The first kappa shape index (κ1) is 18.8. The van der Waals surface area contributed by atoms with Crippen LogP contribution in [0.2, 0.25) is 0 Å². The minimum absolute atomic E-state index is 0.106. The zero-order chi connectivity index (χ0) is 18.3. The molecule has 2 amide bonds. The summed E-state index contributed by atoms with van der Waals surface area (Å²) in [5, 5.41) is 5.75. The Morgan fingerprint density at radius 1 is 1.04 bits per heavy atom. The molecule has 0 fully saturated rings. The van der Waals surface area contributed by atoms with Gasteiger partial charge in [0.05, 0.1) is 6.61 Å². The highest BCUT2D eigenvalue weighted by atomic mass is 16.5. The number of anilines is 1. The monoisotopic (exact) mass is 340 g/mol. The van der Waals surface area contributed by atoms with Crippen molar-refractivity contribution in [1.29, 1.82) is 0 Å². The van der Waals surface area contributed by atoms with Crippen molar-refractivity contribution >= 4 is 11.7 Å². The van der Waals surface area contributed by atoms with E-state index in [-0.39, 0.29) is 11.4 Å². The Balaban J connectivity index is 1.83. The molecule has 0 radical (unpaired) electrons. The van der Waals surface area contributed by atoms with Gasteiger partial charge in [0, 0.05) is 12.2 Å². The van der Waals surface area contributed by atoms with Crippen LogP contribution >= 0.6 is 0 Å². The number of carbonyl (C=O) groups is 1. The van der Waals surface area contributed by atoms with Crippen LogP contribution in [0.3, 0.4) is 0 Å². The Labute approximate surface area is 150 Å². The van der Waals surface area contributed by atoms with Gasteiger partial charge in [-0.15, -0.1) is 0 Å². The van der Waals surface area contributed by atoms with Gasteiger partial charge in [0.2, 0.25) is 0 Å². The smallest absolute Gasteiger partial charge is 0.319 e. The highest BCUT2D eigenvalue weighted by molar-refractivity contribution is 5.89. The lowest BCUT2D eigenvalue weighted by atomic mass is 9.87. The Morgan fingerprint density at radius 3 is 2.36 bits per heavy atom. The molecule has 0 aliphatic rings. The Hall–Kier alpha value is -2.49. The van der Waals surface area contributed by atoms with E-state index in [4.69, 9.17) is 4.74 Å². The molecule has 2 rings (SSSR count). The van der Waals surface area contributed by atoms with Crippen molar-refractivity contribution in [2.24, 2.45) is 0 Å². The van der Waals surface area contributed by atoms with Gasteiger partial charge < -0.3 is 15.4 Å². The van der Waals surface area contributed by atoms with Gasteiger partial charge in [-0.3, -0.25) is 0 Å². The normalized spacial score (nSPS) is 11.0. The second-order valence-electron chi connectivity index (χ2n) is 7.00. The molecule has 0 aromatic heterocycles. The van der Waals surface area contributed by atoms with Crippen LogP contribution in [-0.4, -0.2) is 19.2 Å². The molecular weight excluding hydrogens is 312 g/mol. The molecule has 0 aliphatic heterocycles. The van der Waals surface area contributed by atoms with Gasteiger partial charge in [-0.05, 0) is 48.1 Å². The zero-order valence-corrected chi connectivity index (χ0v) is 15.6. The molecule has 0 unspecified atom stereocenters. The van der Waals surface area contributed by atoms with E-state index in [1.165, 1.54) is 5.56 Å². The molecule has 4 nitrogen and oxygen atoms in total. The summed E-state index contributed by atoms with van der Waals surface area (Å²) in [5.74, 6) is 0.880. The summed E-state index contributed by atoms with van der Waals surface area (Å²) >= 11 is 0. The van der Waals surface area contributed by atoms with Gasteiger partial charge in [-0.2, -0.15) is 0 Å². The van der Waals surface area contributed by atoms with E-state index in [1.54, 1.807) is 0 Å². The Morgan fingerprint density at radius 2 is 1.72 bits per heavy atom. The van der Waals surface area contributed by atoms with Crippen molar-refractivity contribution in [3.63, 3.8) is 0 Å². The fourth-order valence-electron chi connectivity index (χ4n) is 2.55. The SMILES string of the molecule is CCOc1ccccc1CCNC(=O)Nc1ccc(C(C)(C)C)cc1. The number of hydrogen-bond acceptors (Lipinski definition) is 2. The van der Waals surface area contributed by atoms with E-state index >= 15 is 0 Å². The van der Waals surface area contributed by atoms with Gasteiger partial charge in [-0.25, -0.2) is 4.79 Å². The maximum absolute atomic E-state index is 12.0. The third-order valence-electron chi connectivity index (χ3n) is 3.96. The number of ether oxygens (including phenoxy) is 1. The van der Waals surface area contributed by atoms with Crippen LogP contribution in [0, 0.1) is 0 Å². The van der Waals surface area contributed by atoms with Crippen LogP contribution in [-0.2, 0) is 11.8 Å². The van der Waals surface area contributed by atoms with Gasteiger partial charge in [0.15, 0.2) is 0 Å². The lowest BCUT2D eigenvalue weighted by molar-refractivity contribution is 0.252. The molecule has 0 spiro atoms. The van der Waals surface area contributed by atoms with Crippen molar-refractivity contribution in [2.75, 3.05) is 18.5 Å². The molecular formula is C21H28N2O2. The largest absolute Gasteiger partial charge is 0.494 e. The fraction of sp³-hybridized carbons (Fsp3) is 0.381. The molecule has 2 aromatic carbocycles. The lowest BCUT2D eigenvalue weighted by Gasteiger charge is -2.19. The van der Waals surface area contributed by atoms with Crippen LogP contribution in [0.25, 0.3) is 0 Å². The number of carbonyl (C=O) groups excluding carboxylic acids is 1. The van der Waals surface area contributed by atoms with Crippen LogP contribution < -0.4 is 15.4 Å². The highest BCUT2D eigenvalue weighted by Gasteiger charge is 2.13. The maximum atomic E-state index is 12.0. The molecule has 0 saturated carbocycles. The van der Waals surface area contributed by atoms with Crippen molar-refractivity contribution in [3.8, 4) is 5.75 Å². The van der Waals surface area contributed by atoms with Crippen LogP contribution in [0.4, 0.5) is 10.5 Å². The van der Waals surface area contributed by atoms with Crippen molar-refractivity contribution < 1.29 is 9.53 Å². The zero-order valence-electron chi connectivity index (χ0n) is 15.6. The van der Waals surface area contributed by atoms with Gasteiger partial charge in [0.25, 0.3) is 0 Å². The molecule has 4 heteroatoms. The summed E-state index contributed by atoms with van der Waals surface area (Å²) < 4.78 is 5.60. The molecule has 0 bridgehead atoms. The third kappa shape index (κ3) is 5.82. The summed E-state index contributed by atoms with van der Waals surface area (Å²) in [6.45, 7) is 9.66. The predicted molar refractivity (Wildman–Crippen MR) is 103 cm³/mol. The summed E-state index contributed by atoms with van der Waals surface area (Å²) in [5.41, 5.74) is 3.24. The summed E-state index contributed by atoms with van der Waals surface area (Å²) in [6.07, 6.45) is 0.729. The van der Waals surface area contributed by atoms with Gasteiger partial charge in [0.1, 0.15) is 5.75 Å². The van der Waals surface area contributed by atoms with Crippen molar-refractivity contribution in [2.45, 2.75) is 39.5 Å². The number of amides is 2. The molecule has 2 N–H and O–H groups in total. The first-order valence-corrected chi connectivity index (χ1v) is 8.76. The second kappa shape index (κ2) is 8.56. The van der Waals surface area contributed by atoms with Crippen molar-refractivity contribution in [3.05, 3.63) is 59.7 Å². The van der Waals surface area contributed by atoms with Gasteiger partial charge in [-0.1, -0.05) is 51.1 Å². The average Bonchev–Trinajstić information content (AvgIpc) is 2.56. The van der Waals surface area contributed by atoms with E-state index in [0.29, 0.717) is 13.2 Å². The molecule has 0 saturated heterocycles. The number of hydrogen-bond donors (Lipinski definition) is 2. The summed E-state index contributed by atoms with van der Waals surface area (Å²) in [7, 11) is 0. The van der Waals surface area contributed by atoms with Crippen molar-refractivity contribution in [1.82, 2.24) is 5.32 Å². The topological polar surface area (TPSA) is 50.4 Å². The second-order valence-corrected chi connectivity index (χ2v) is 7.00.